The molecule has 0 saturated heterocycles. The lowest BCUT2D eigenvalue weighted by molar-refractivity contribution is 0.171. The SMILES string of the molecule is Cc1ccc(C(O)CNCCO)cc1C. The smallest absolute Gasteiger partial charge is 0.0914 e. The lowest BCUT2D eigenvalue weighted by atomic mass is 10.0. The van der Waals surface area contributed by atoms with E-state index in [1.807, 2.05) is 25.1 Å². The Labute approximate surface area is 90.8 Å². The van der Waals surface area contributed by atoms with Gasteiger partial charge >= 0.3 is 0 Å². The Morgan fingerprint density at radius 2 is 2.00 bits per heavy atom. The highest BCUT2D eigenvalue weighted by Crippen LogP contribution is 2.16. The van der Waals surface area contributed by atoms with Crippen LogP contribution >= 0.6 is 0 Å². The molecule has 0 aliphatic heterocycles. The summed E-state index contributed by atoms with van der Waals surface area (Å²) < 4.78 is 0. The van der Waals surface area contributed by atoms with Crippen LogP contribution in [0.3, 0.4) is 0 Å². The van der Waals surface area contributed by atoms with E-state index in [1.54, 1.807) is 0 Å². The quantitative estimate of drug-likeness (QED) is 0.632. The fourth-order valence-corrected chi connectivity index (χ4v) is 1.41. The molecule has 0 heterocycles. The fourth-order valence-electron chi connectivity index (χ4n) is 1.41. The van der Waals surface area contributed by atoms with Crippen molar-refractivity contribution in [3.8, 4) is 0 Å². The molecule has 0 spiro atoms. The molecule has 1 unspecified atom stereocenters. The molecule has 1 aromatic carbocycles. The van der Waals surface area contributed by atoms with E-state index in [0.29, 0.717) is 13.1 Å². The number of aryl methyl sites for hydroxylation is 2. The first-order valence-corrected chi connectivity index (χ1v) is 5.22. The molecule has 0 fully saturated rings. The monoisotopic (exact) mass is 209 g/mol. The second-order valence-electron chi connectivity index (χ2n) is 3.79. The Kier molecular flexibility index (Phi) is 4.75. The van der Waals surface area contributed by atoms with Crippen LogP contribution in [0.25, 0.3) is 0 Å². The van der Waals surface area contributed by atoms with Crippen molar-refractivity contribution in [3.05, 3.63) is 34.9 Å². The summed E-state index contributed by atoms with van der Waals surface area (Å²) in [5.41, 5.74) is 3.34. The topological polar surface area (TPSA) is 52.5 Å². The molecule has 0 aliphatic carbocycles. The first-order valence-electron chi connectivity index (χ1n) is 5.22. The van der Waals surface area contributed by atoms with Crippen molar-refractivity contribution < 1.29 is 10.2 Å². The van der Waals surface area contributed by atoms with Crippen LogP contribution in [0.15, 0.2) is 18.2 Å². The van der Waals surface area contributed by atoms with Crippen LogP contribution in [0.5, 0.6) is 0 Å². The summed E-state index contributed by atoms with van der Waals surface area (Å²) in [7, 11) is 0. The van der Waals surface area contributed by atoms with Gasteiger partial charge in [0.25, 0.3) is 0 Å². The second-order valence-corrected chi connectivity index (χ2v) is 3.79. The molecule has 0 radical (unpaired) electrons. The predicted octanol–water partition coefficient (Wildman–Crippen LogP) is 0.919. The second kappa shape index (κ2) is 5.85. The van der Waals surface area contributed by atoms with E-state index in [2.05, 4.69) is 12.2 Å². The van der Waals surface area contributed by atoms with E-state index in [4.69, 9.17) is 5.11 Å². The molecule has 15 heavy (non-hydrogen) atoms. The minimum absolute atomic E-state index is 0.0969. The maximum atomic E-state index is 9.82. The fraction of sp³-hybridized carbons (Fsp3) is 0.500. The van der Waals surface area contributed by atoms with Crippen LogP contribution in [0, 0.1) is 13.8 Å². The zero-order chi connectivity index (χ0) is 11.3. The first kappa shape index (κ1) is 12.2. The molecule has 3 heteroatoms. The average Bonchev–Trinajstić information content (AvgIpc) is 2.22. The molecular formula is C12H19NO2. The highest BCUT2D eigenvalue weighted by molar-refractivity contribution is 5.31. The average molecular weight is 209 g/mol. The lowest BCUT2D eigenvalue weighted by Gasteiger charge is -2.13. The van der Waals surface area contributed by atoms with Crippen LogP contribution in [-0.2, 0) is 0 Å². The van der Waals surface area contributed by atoms with Crippen LogP contribution in [-0.4, -0.2) is 29.9 Å². The normalized spacial score (nSPS) is 12.8. The van der Waals surface area contributed by atoms with Gasteiger partial charge in [0.05, 0.1) is 12.7 Å². The molecule has 3 N–H and O–H groups in total. The molecule has 1 aromatic rings. The van der Waals surface area contributed by atoms with Crippen LogP contribution in [0.1, 0.15) is 22.8 Å². The number of rotatable bonds is 5. The predicted molar refractivity (Wildman–Crippen MR) is 60.8 cm³/mol. The molecule has 3 nitrogen and oxygen atoms in total. The van der Waals surface area contributed by atoms with E-state index in [1.165, 1.54) is 11.1 Å². The summed E-state index contributed by atoms with van der Waals surface area (Å²) in [5.74, 6) is 0. The standard InChI is InChI=1S/C12H19NO2/c1-9-3-4-11(7-10(9)2)12(15)8-13-5-6-14/h3-4,7,12-15H,5-6,8H2,1-2H3. The Morgan fingerprint density at radius 3 is 2.60 bits per heavy atom. The van der Waals surface area contributed by atoms with Gasteiger partial charge in [-0.1, -0.05) is 18.2 Å². The molecular weight excluding hydrogens is 190 g/mol. The van der Waals surface area contributed by atoms with Crippen molar-refractivity contribution in [1.82, 2.24) is 5.32 Å². The summed E-state index contributed by atoms with van der Waals surface area (Å²) in [6.45, 7) is 5.17. The van der Waals surface area contributed by atoms with Gasteiger partial charge in [-0.3, -0.25) is 0 Å². The van der Waals surface area contributed by atoms with E-state index < -0.39 is 6.10 Å². The molecule has 84 valence electrons. The lowest BCUT2D eigenvalue weighted by Crippen LogP contribution is -2.24. The van der Waals surface area contributed by atoms with Gasteiger partial charge in [0.1, 0.15) is 0 Å². The highest BCUT2D eigenvalue weighted by atomic mass is 16.3. The Morgan fingerprint density at radius 1 is 1.27 bits per heavy atom. The highest BCUT2D eigenvalue weighted by Gasteiger charge is 2.07. The van der Waals surface area contributed by atoms with Crippen LogP contribution in [0.4, 0.5) is 0 Å². The van der Waals surface area contributed by atoms with E-state index in [-0.39, 0.29) is 6.61 Å². The van der Waals surface area contributed by atoms with Gasteiger partial charge in [0.2, 0.25) is 0 Å². The zero-order valence-corrected chi connectivity index (χ0v) is 9.33. The third-order valence-electron chi connectivity index (χ3n) is 2.54. The molecule has 1 atom stereocenters. The maximum Gasteiger partial charge on any atom is 0.0914 e. The number of aliphatic hydroxyl groups excluding tert-OH is 2. The van der Waals surface area contributed by atoms with Gasteiger partial charge < -0.3 is 15.5 Å². The summed E-state index contributed by atoms with van der Waals surface area (Å²) in [5, 5.41) is 21.4. The summed E-state index contributed by atoms with van der Waals surface area (Å²) in [6.07, 6.45) is -0.504. The molecule has 0 bridgehead atoms. The minimum atomic E-state index is -0.504. The Hall–Kier alpha value is -0.900. The van der Waals surface area contributed by atoms with Crippen molar-refractivity contribution in [2.45, 2.75) is 20.0 Å². The summed E-state index contributed by atoms with van der Waals surface area (Å²) in [4.78, 5) is 0. The Balaban J connectivity index is 2.57. The van der Waals surface area contributed by atoms with Gasteiger partial charge in [0.15, 0.2) is 0 Å². The number of hydrogen-bond acceptors (Lipinski definition) is 3. The number of aliphatic hydroxyl groups is 2. The molecule has 0 aromatic heterocycles. The van der Waals surface area contributed by atoms with Crippen molar-refractivity contribution >= 4 is 0 Å². The van der Waals surface area contributed by atoms with E-state index in [0.717, 1.165) is 5.56 Å². The summed E-state index contributed by atoms with van der Waals surface area (Å²) in [6, 6.07) is 5.95. The molecule has 0 amide bonds. The molecule has 0 saturated carbocycles. The van der Waals surface area contributed by atoms with Gasteiger partial charge in [-0.05, 0) is 30.5 Å². The molecule has 0 aliphatic rings. The van der Waals surface area contributed by atoms with Crippen molar-refractivity contribution in [2.75, 3.05) is 19.7 Å². The van der Waals surface area contributed by atoms with E-state index >= 15 is 0 Å². The minimum Gasteiger partial charge on any atom is -0.395 e. The third kappa shape index (κ3) is 3.63. The van der Waals surface area contributed by atoms with E-state index in [9.17, 15) is 5.11 Å². The van der Waals surface area contributed by atoms with Gasteiger partial charge in [0, 0.05) is 13.1 Å². The van der Waals surface area contributed by atoms with Crippen molar-refractivity contribution in [2.24, 2.45) is 0 Å². The third-order valence-corrected chi connectivity index (χ3v) is 2.54. The van der Waals surface area contributed by atoms with Crippen molar-refractivity contribution in [1.29, 1.82) is 0 Å². The Bertz CT molecular complexity index is 312. The number of benzene rings is 1. The van der Waals surface area contributed by atoms with Gasteiger partial charge in [-0.25, -0.2) is 0 Å². The van der Waals surface area contributed by atoms with Gasteiger partial charge in [-0.2, -0.15) is 0 Å². The number of hydrogen-bond donors (Lipinski definition) is 3. The first-order chi connectivity index (χ1) is 7.15. The molecule has 1 rings (SSSR count). The number of nitrogens with one attached hydrogen (secondary N) is 1. The largest absolute Gasteiger partial charge is 0.395 e. The van der Waals surface area contributed by atoms with Crippen LogP contribution in [0.2, 0.25) is 0 Å². The van der Waals surface area contributed by atoms with Crippen LogP contribution < -0.4 is 5.32 Å². The van der Waals surface area contributed by atoms with Crippen molar-refractivity contribution in [3.63, 3.8) is 0 Å². The summed E-state index contributed by atoms with van der Waals surface area (Å²) >= 11 is 0. The zero-order valence-electron chi connectivity index (χ0n) is 9.33. The maximum absolute atomic E-state index is 9.82. The van der Waals surface area contributed by atoms with Gasteiger partial charge in [-0.15, -0.1) is 0 Å².